The number of aliphatic carboxylic acids is 1. The Morgan fingerprint density at radius 1 is 1.33 bits per heavy atom. The van der Waals surface area contributed by atoms with Gasteiger partial charge >= 0.3 is 5.97 Å². The Morgan fingerprint density at radius 3 is 2.67 bits per heavy atom. The van der Waals surface area contributed by atoms with Crippen LogP contribution in [-0.2, 0) is 9.59 Å². The average Bonchev–Trinajstić information content (AvgIpc) is 3.00. The van der Waals surface area contributed by atoms with Gasteiger partial charge in [0.25, 0.3) is 0 Å². The number of hydrogen-bond donors (Lipinski definition) is 2. The summed E-state index contributed by atoms with van der Waals surface area (Å²) in [5, 5.41) is 14.6. The van der Waals surface area contributed by atoms with Gasteiger partial charge in [0.05, 0.1) is 12.1 Å². The molecular weight excluding hydrogens is 288 g/mol. The lowest BCUT2D eigenvalue weighted by molar-refractivity contribution is -0.140. The summed E-state index contributed by atoms with van der Waals surface area (Å²) in [6, 6.07) is 0. The lowest BCUT2D eigenvalue weighted by atomic mass is 9.79. The molecule has 0 bridgehead atoms. The van der Waals surface area contributed by atoms with Crippen molar-refractivity contribution in [2.75, 3.05) is 5.32 Å². The maximum Gasteiger partial charge on any atom is 0.303 e. The lowest BCUT2D eigenvalue weighted by Gasteiger charge is -2.25. The van der Waals surface area contributed by atoms with Crippen LogP contribution in [-0.4, -0.2) is 22.0 Å². The molecule has 2 N–H and O–H groups in total. The summed E-state index contributed by atoms with van der Waals surface area (Å²) in [7, 11) is 0. The molecule has 0 unspecified atom stereocenters. The molecule has 3 rings (SSSR count). The van der Waals surface area contributed by atoms with Crippen molar-refractivity contribution >= 4 is 28.3 Å². The third kappa shape index (κ3) is 3.61. The minimum atomic E-state index is -0.810. The molecule has 2 saturated carbocycles. The van der Waals surface area contributed by atoms with E-state index in [1.54, 1.807) is 0 Å². The van der Waals surface area contributed by atoms with E-state index in [2.05, 4.69) is 10.3 Å². The molecule has 1 aromatic rings. The maximum absolute atomic E-state index is 12.2. The molecule has 2 fully saturated rings. The first-order valence-corrected chi connectivity index (χ1v) is 8.41. The zero-order valence-corrected chi connectivity index (χ0v) is 12.7. The number of nitrogens with zero attached hydrogens (tertiary/aromatic N) is 1. The molecule has 114 valence electrons. The Bertz CT molecular complexity index is 545. The second-order valence-corrected chi connectivity index (χ2v) is 7.21. The molecule has 1 amide bonds. The number of anilines is 1. The van der Waals surface area contributed by atoms with Crippen LogP contribution >= 0.6 is 11.3 Å². The summed E-state index contributed by atoms with van der Waals surface area (Å²) in [6.45, 7) is 0. The minimum absolute atomic E-state index is 0.0889. The lowest BCUT2D eigenvalue weighted by Crippen LogP contribution is -2.27. The molecule has 21 heavy (non-hydrogen) atoms. The third-order valence-electron chi connectivity index (χ3n) is 4.49. The predicted molar refractivity (Wildman–Crippen MR) is 80.5 cm³/mol. The van der Waals surface area contributed by atoms with Crippen LogP contribution in [0, 0.1) is 5.41 Å². The van der Waals surface area contributed by atoms with E-state index in [4.69, 9.17) is 5.11 Å². The van der Waals surface area contributed by atoms with Gasteiger partial charge in [-0.1, -0.05) is 12.8 Å². The van der Waals surface area contributed by atoms with E-state index in [0.717, 1.165) is 31.4 Å². The minimum Gasteiger partial charge on any atom is -0.481 e. The third-order valence-corrected chi connectivity index (χ3v) is 5.27. The molecule has 0 saturated heterocycles. The fourth-order valence-corrected chi connectivity index (χ4v) is 4.08. The molecule has 1 heterocycles. The van der Waals surface area contributed by atoms with Crippen LogP contribution in [0.5, 0.6) is 0 Å². The molecule has 0 atom stereocenters. The van der Waals surface area contributed by atoms with Gasteiger partial charge < -0.3 is 10.4 Å². The Balaban J connectivity index is 1.59. The van der Waals surface area contributed by atoms with Crippen LogP contribution in [0.3, 0.4) is 0 Å². The molecule has 6 heteroatoms. The molecule has 2 aliphatic rings. The van der Waals surface area contributed by atoms with Crippen LogP contribution in [0.1, 0.15) is 63.0 Å². The van der Waals surface area contributed by atoms with E-state index < -0.39 is 5.97 Å². The number of carbonyl (C=O) groups excluding carboxylic acids is 1. The van der Waals surface area contributed by atoms with Crippen molar-refractivity contribution in [3.8, 4) is 0 Å². The van der Waals surface area contributed by atoms with Crippen LogP contribution in [0.25, 0.3) is 0 Å². The van der Waals surface area contributed by atoms with Gasteiger partial charge in [-0.2, -0.15) is 0 Å². The van der Waals surface area contributed by atoms with Crippen molar-refractivity contribution in [1.29, 1.82) is 0 Å². The molecule has 1 aromatic heterocycles. The first-order chi connectivity index (χ1) is 10.1. The van der Waals surface area contributed by atoms with Gasteiger partial charge in [-0.05, 0) is 31.1 Å². The number of carboxylic acid groups (broad SMARTS) is 1. The fourth-order valence-electron chi connectivity index (χ4n) is 3.28. The quantitative estimate of drug-likeness (QED) is 0.844. The monoisotopic (exact) mass is 308 g/mol. The topological polar surface area (TPSA) is 79.3 Å². The second kappa shape index (κ2) is 5.75. The van der Waals surface area contributed by atoms with Crippen molar-refractivity contribution in [3.05, 3.63) is 11.1 Å². The van der Waals surface area contributed by atoms with Gasteiger partial charge in [0.1, 0.15) is 0 Å². The van der Waals surface area contributed by atoms with E-state index in [9.17, 15) is 9.59 Å². The maximum atomic E-state index is 12.2. The summed E-state index contributed by atoms with van der Waals surface area (Å²) in [4.78, 5) is 27.7. The van der Waals surface area contributed by atoms with E-state index in [-0.39, 0.29) is 24.2 Å². The molecule has 5 nitrogen and oxygen atoms in total. The first-order valence-electron chi connectivity index (χ1n) is 7.53. The van der Waals surface area contributed by atoms with Crippen molar-refractivity contribution in [1.82, 2.24) is 4.98 Å². The summed E-state index contributed by atoms with van der Waals surface area (Å²) in [5.41, 5.74) is 0.725. The van der Waals surface area contributed by atoms with Gasteiger partial charge in [-0.3, -0.25) is 9.59 Å². The Kier molecular flexibility index (Phi) is 3.97. The number of nitrogens with one attached hydrogen (secondary N) is 1. The van der Waals surface area contributed by atoms with E-state index in [0.29, 0.717) is 11.0 Å². The highest BCUT2D eigenvalue weighted by Crippen LogP contribution is 2.44. The standard InChI is InChI=1S/C15H20N2O3S/c18-12(7-15(8-13(19)20)5-1-2-6-15)17-14-16-11(9-21-14)10-3-4-10/h9-10H,1-8H2,(H,19,20)(H,16,17,18). The van der Waals surface area contributed by atoms with Crippen LogP contribution in [0.4, 0.5) is 5.13 Å². The molecule has 0 radical (unpaired) electrons. The fraction of sp³-hybridized carbons (Fsp3) is 0.667. The number of amides is 1. The SMILES string of the molecule is O=C(O)CC1(CC(=O)Nc2nc(C3CC3)cs2)CCCC1. The summed E-state index contributed by atoms with van der Waals surface area (Å²) in [5.74, 6) is -0.329. The van der Waals surface area contributed by atoms with E-state index in [1.165, 1.54) is 24.2 Å². The number of carbonyl (C=O) groups is 2. The highest BCUT2D eigenvalue weighted by Gasteiger charge is 2.38. The number of aromatic nitrogens is 1. The van der Waals surface area contributed by atoms with Crippen LogP contribution in [0.2, 0.25) is 0 Å². The molecular formula is C15H20N2O3S. The van der Waals surface area contributed by atoms with E-state index >= 15 is 0 Å². The highest BCUT2D eigenvalue weighted by molar-refractivity contribution is 7.13. The normalized spacial score (nSPS) is 20.4. The number of rotatable bonds is 6. The van der Waals surface area contributed by atoms with Gasteiger partial charge in [0.2, 0.25) is 5.91 Å². The van der Waals surface area contributed by atoms with Crippen LogP contribution in [0.15, 0.2) is 5.38 Å². The Morgan fingerprint density at radius 2 is 2.05 bits per heavy atom. The zero-order valence-electron chi connectivity index (χ0n) is 11.9. The van der Waals surface area contributed by atoms with Gasteiger partial charge in [0, 0.05) is 17.7 Å². The zero-order chi connectivity index (χ0) is 14.9. The number of hydrogen-bond acceptors (Lipinski definition) is 4. The van der Waals surface area contributed by atoms with Gasteiger partial charge in [-0.25, -0.2) is 4.98 Å². The van der Waals surface area contributed by atoms with Crippen molar-refractivity contribution in [2.45, 2.75) is 57.3 Å². The second-order valence-electron chi connectivity index (χ2n) is 6.35. The molecule has 0 spiro atoms. The average molecular weight is 308 g/mol. The van der Waals surface area contributed by atoms with Crippen LogP contribution < -0.4 is 5.32 Å². The molecule has 2 aliphatic carbocycles. The summed E-state index contributed by atoms with van der Waals surface area (Å²) >= 11 is 1.46. The number of carboxylic acids is 1. The first kappa shape index (κ1) is 14.5. The number of thiazole rings is 1. The molecule has 0 aliphatic heterocycles. The van der Waals surface area contributed by atoms with Crippen molar-refractivity contribution in [3.63, 3.8) is 0 Å². The summed E-state index contributed by atoms with van der Waals surface area (Å²) < 4.78 is 0. The highest BCUT2D eigenvalue weighted by atomic mass is 32.1. The van der Waals surface area contributed by atoms with Gasteiger partial charge in [0.15, 0.2) is 5.13 Å². The van der Waals surface area contributed by atoms with Crippen molar-refractivity contribution < 1.29 is 14.7 Å². The predicted octanol–water partition coefficient (Wildman–Crippen LogP) is 3.38. The Labute approximate surface area is 127 Å². The largest absolute Gasteiger partial charge is 0.481 e. The van der Waals surface area contributed by atoms with Crippen molar-refractivity contribution in [2.24, 2.45) is 5.41 Å². The van der Waals surface area contributed by atoms with Gasteiger partial charge in [-0.15, -0.1) is 11.3 Å². The molecule has 0 aromatic carbocycles. The smallest absolute Gasteiger partial charge is 0.303 e. The van der Waals surface area contributed by atoms with E-state index in [1.807, 2.05) is 5.38 Å². The summed E-state index contributed by atoms with van der Waals surface area (Å²) in [6.07, 6.45) is 6.46. The Hall–Kier alpha value is -1.43.